The van der Waals surface area contributed by atoms with Gasteiger partial charge in [-0.3, -0.25) is 14.4 Å². The molecule has 1 aromatic carbocycles. The number of carbonyl (C=O) groups is 4. The third-order valence-corrected chi connectivity index (χ3v) is 3.93. The summed E-state index contributed by atoms with van der Waals surface area (Å²) in [7, 11) is 0. The lowest BCUT2D eigenvalue weighted by molar-refractivity contribution is -0.147. The first-order valence-corrected chi connectivity index (χ1v) is 8.46. The van der Waals surface area contributed by atoms with Gasteiger partial charge in [0.15, 0.2) is 0 Å². The van der Waals surface area contributed by atoms with Gasteiger partial charge in [0, 0.05) is 6.42 Å². The van der Waals surface area contributed by atoms with Crippen molar-refractivity contribution in [3.8, 4) is 0 Å². The Bertz CT molecular complexity index is 677. The fraction of sp³-hybridized carbons (Fsp3) is 0.444. The van der Waals surface area contributed by atoms with E-state index in [1.165, 1.54) is 0 Å². The number of hydrogen-bond acceptors (Lipinski definition) is 5. The Labute approximate surface area is 156 Å². The number of benzene rings is 1. The van der Waals surface area contributed by atoms with E-state index in [0.29, 0.717) is 0 Å². The van der Waals surface area contributed by atoms with Crippen LogP contribution in [0.5, 0.6) is 0 Å². The lowest BCUT2D eigenvalue weighted by Gasteiger charge is -2.23. The largest absolute Gasteiger partial charge is 0.481 e. The molecule has 0 saturated heterocycles. The van der Waals surface area contributed by atoms with Crippen LogP contribution >= 0.6 is 0 Å². The Hall–Kier alpha value is -2.94. The van der Waals surface area contributed by atoms with E-state index in [1.54, 1.807) is 44.2 Å². The molecule has 0 aliphatic rings. The summed E-state index contributed by atoms with van der Waals surface area (Å²) in [4.78, 5) is 46.8. The van der Waals surface area contributed by atoms with Gasteiger partial charge in [-0.25, -0.2) is 4.79 Å². The summed E-state index contributed by atoms with van der Waals surface area (Å²) in [5.74, 6) is -4.35. The Morgan fingerprint density at radius 3 is 2.00 bits per heavy atom. The van der Waals surface area contributed by atoms with Crippen LogP contribution in [0.4, 0.5) is 0 Å². The third kappa shape index (κ3) is 7.45. The lowest BCUT2D eigenvalue weighted by Crippen LogP contribution is -2.56. The first kappa shape index (κ1) is 22.1. The zero-order chi connectivity index (χ0) is 20.6. The van der Waals surface area contributed by atoms with E-state index in [4.69, 9.17) is 15.9 Å². The van der Waals surface area contributed by atoms with Crippen molar-refractivity contribution in [2.45, 2.75) is 44.8 Å². The van der Waals surface area contributed by atoms with Crippen LogP contribution in [0.2, 0.25) is 0 Å². The van der Waals surface area contributed by atoms with Gasteiger partial charge in [-0.05, 0) is 11.5 Å². The zero-order valence-electron chi connectivity index (χ0n) is 15.2. The van der Waals surface area contributed by atoms with Crippen molar-refractivity contribution in [3.05, 3.63) is 35.9 Å². The minimum Gasteiger partial charge on any atom is -0.481 e. The maximum Gasteiger partial charge on any atom is 0.326 e. The van der Waals surface area contributed by atoms with E-state index in [2.05, 4.69) is 10.6 Å². The van der Waals surface area contributed by atoms with E-state index in [0.717, 1.165) is 5.56 Å². The molecule has 9 heteroatoms. The summed E-state index contributed by atoms with van der Waals surface area (Å²) >= 11 is 0. The number of nitrogens with one attached hydrogen (secondary N) is 2. The highest BCUT2D eigenvalue weighted by Crippen LogP contribution is 2.06. The van der Waals surface area contributed by atoms with Crippen molar-refractivity contribution in [2.24, 2.45) is 11.7 Å². The summed E-state index contributed by atoms with van der Waals surface area (Å²) in [6, 6.07) is 5.27. The number of rotatable bonds is 10. The molecule has 9 nitrogen and oxygen atoms in total. The standard InChI is InChI=1S/C18H25N3O6/c1-10(2)15(19)17(25)20-12(8-11-6-4-3-5-7-11)16(24)21-13(18(26)27)9-14(22)23/h3-7,10,12-13,15H,8-9,19H2,1-2H3,(H,20,25)(H,21,24)(H,22,23)(H,26,27)/t12-,13-,15-/m0/s1. The second-order valence-corrected chi connectivity index (χ2v) is 6.52. The molecule has 0 aliphatic heterocycles. The highest BCUT2D eigenvalue weighted by Gasteiger charge is 2.29. The van der Waals surface area contributed by atoms with E-state index in [9.17, 15) is 19.2 Å². The van der Waals surface area contributed by atoms with E-state index in [1.807, 2.05) is 0 Å². The topological polar surface area (TPSA) is 159 Å². The van der Waals surface area contributed by atoms with Crippen LogP contribution in [0.1, 0.15) is 25.8 Å². The van der Waals surface area contributed by atoms with Gasteiger partial charge < -0.3 is 26.6 Å². The fourth-order valence-corrected chi connectivity index (χ4v) is 2.28. The average molecular weight is 379 g/mol. The molecular weight excluding hydrogens is 354 g/mol. The van der Waals surface area contributed by atoms with Crippen molar-refractivity contribution in [3.63, 3.8) is 0 Å². The van der Waals surface area contributed by atoms with E-state index < -0.39 is 48.3 Å². The van der Waals surface area contributed by atoms with Crippen LogP contribution in [-0.2, 0) is 25.6 Å². The minimum absolute atomic E-state index is 0.0998. The molecule has 6 N–H and O–H groups in total. The molecule has 0 aromatic heterocycles. The predicted octanol–water partition coefficient (Wildman–Crippen LogP) is -0.259. The average Bonchev–Trinajstić information content (AvgIpc) is 2.59. The van der Waals surface area contributed by atoms with Crippen molar-refractivity contribution < 1.29 is 29.4 Å². The summed E-state index contributed by atoms with van der Waals surface area (Å²) in [6.45, 7) is 3.51. The van der Waals surface area contributed by atoms with Crippen molar-refractivity contribution in [1.82, 2.24) is 10.6 Å². The van der Waals surface area contributed by atoms with Crippen LogP contribution in [0.15, 0.2) is 30.3 Å². The molecule has 0 unspecified atom stereocenters. The maximum absolute atomic E-state index is 12.5. The Kier molecular flexibility index (Phi) is 8.40. The van der Waals surface area contributed by atoms with Gasteiger partial charge in [0.05, 0.1) is 12.5 Å². The van der Waals surface area contributed by atoms with Crippen LogP contribution in [-0.4, -0.2) is 52.1 Å². The van der Waals surface area contributed by atoms with Crippen molar-refractivity contribution >= 4 is 23.8 Å². The summed E-state index contributed by atoms with van der Waals surface area (Å²) in [5.41, 5.74) is 6.54. The molecular formula is C18H25N3O6. The summed E-state index contributed by atoms with van der Waals surface area (Å²) in [6.07, 6.45) is -0.679. The van der Waals surface area contributed by atoms with Crippen LogP contribution < -0.4 is 16.4 Å². The second kappa shape index (κ2) is 10.3. The lowest BCUT2D eigenvalue weighted by atomic mass is 10.0. The second-order valence-electron chi connectivity index (χ2n) is 6.52. The summed E-state index contributed by atoms with van der Waals surface area (Å²) in [5, 5.41) is 22.6. The number of hydrogen-bond donors (Lipinski definition) is 5. The molecule has 0 radical (unpaired) electrons. The molecule has 0 fully saturated rings. The van der Waals surface area contributed by atoms with E-state index in [-0.39, 0.29) is 12.3 Å². The fourth-order valence-electron chi connectivity index (χ4n) is 2.28. The normalized spacial score (nSPS) is 14.1. The molecule has 0 aliphatic carbocycles. The predicted molar refractivity (Wildman–Crippen MR) is 96.7 cm³/mol. The third-order valence-electron chi connectivity index (χ3n) is 3.93. The van der Waals surface area contributed by atoms with Crippen LogP contribution in [0.3, 0.4) is 0 Å². The van der Waals surface area contributed by atoms with Crippen LogP contribution in [0, 0.1) is 5.92 Å². The van der Waals surface area contributed by atoms with Crippen molar-refractivity contribution in [2.75, 3.05) is 0 Å². The number of carbonyl (C=O) groups excluding carboxylic acids is 2. The first-order chi connectivity index (χ1) is 12.6. The van der Waals surface area contributed by atoms with Gasteiger partial charge in [0.1, 0.15) is 12.1 Å². The molecule has 27 heavy (non-hydrogen) atoms. The SMILES string of the molecule is CC(C)[C@H](N)C(=O)N[C@@H](Cc1ccccc1)C(=O)N[C@@H](CC(=O)O)C(=O)O. The van der Waals surface area contributed by atoms with E-state index >= 15 is 0 Å². The smallest absolute Gasteiger partial charge is 0.326 e. The number of amides is 2. The molecule has 0 spiro atoms. The highest BCUT2D eigenvalue weighted by molar-refractivity contribution is 5.93. The molecule has 1 rings (SSSR count). The quantitative estimate of drug-likeness (QED) is 0.374. The molecule has 1 aromatic rings. The Balaban J connectivity index is 2.97. The van der Waals surface area contributed by atoms with Gasteiger partial charge in [-0.1, -0.05) is 44.2 Å². The Morgan fingerprint density at radius 1 is 0.963 bits per heavy atom. The monoisotopic (exact) mass is 379 g/mol. The van der Waals surface area contributed by atoms with Gasteiger partial charge in [0.25, 0.3) is 0 Å². The van der Waals surface area contributed by atoms with Crippen LogP contribution in [0.25, 0.3) is 0 Å². The molecule has 0 saturated carbocycles. The number of aliphatic carboxylic acids is 2. The minimum atomic E-state index is -1.61. The Morgan fingerprint density at radius 2 is 1.52 bits per heavy atom. The molecule has 2 amide bonds. The van der Waals surface area contributed by atoms with Gasteiger partial charge in [-0.15, -0.1) is 0 Å². The maximum atomic E-state index is 12.5. The first-order valence-electron chi connectivity index (χ1n) is 8.46. The number of carboxylic acids is 2. The molecule has 0 heterocycles. The number of carboxylic acid groups (broad SMARTS) is 2. The highest BCUT2D eigenvalue weighted by atomic mass is 16.4. The molecule has 3 atom stereocenters. The van der Waals surface area contributed by atoms with Gasteiger partial charge >= 0.3 is 11.9 Å². The van der Waals surface area contributed by atoms with Crippen molar-refractivity contribution in [1.29, 1.82) is 0 Å². The van der Waals surface area contributed by atoms with Gasteiger partial charge in [-0.2, -0.15) is 0 Å². The molecule has 148 valence electrons. The summed E-state index contributed by atoms with van der Waals surface area (Å²) < 4.78 is 0. The van der Waals surface area contributed by atoms with Gasteiger partial charge in [0.2, 0.25) is 11.8 Å². The zero-order valence-corrected chi connectivity index (χ0v) is 15.2. The molecule has 0 bridgehead atoms. The number of nitrogens with two attached hydrogens (primary N) is 1.